The maximum absolute atomic E-state index is 12.6. The van der Waals surface area contributed by atoms with Crippen LogP contribution in [0.4, 0.5) is 11.5 Å². The molecule has 26 heavy (non-hydrogen) atoms. The van der Waals surface area contributed by atoms with Crippen molar-refractivity contribution in [3.8, 4) is 0 Å². The second kappa shape index (κ2) is 7.90. The smallest absolute Gasteiger partial charge is 0.255 e. The Hall–Kier alpha value is -2.36. The second-order valence-corrected chi connectivity index (χ2v) is 8.09. The number of carbonyl (C=O) groups is 1. The van der Waals surface area contributed by atoms with Crippen molar-refractivity contribution < 1.29 is 4.79 Å². The zero-order valence-electron chi connectivity index (χ0n) is 16.1. The van der Waals surface area contributed by atoms with Gasteiger partial charge in [0.2, 0.25) is 0 Å². The van der Waals surface area contributed by atoms with Crippen LogP contribution in [0.5, 0.6) is 0 Å². The number of likely N-dealkylation sites (tertiary alicyclic amines) is 1. The molecular formula is C22H29N3O. The molecule has 1 N–H and O–H groups in total. The molecule has 138 valence electrons. The average Bonchev–Trinajstić information content (AvgIpc) is 2.91. The number of nitrogens with one attached hydrogen (secondary N) is 1. The van der Waals surface area contributed by atoms with Gasteiger partial charge in [-0.1, -0.05) is 45.7 Å². The summed E-state index contributed by atoms with van der Waals surface area (Å²) in [4.78, 5) is 19.0. The molecule has 0 radical (unpaired) electrons. The standard InChI is InChI=1S/C22H29N3O/c1-22(2,3)18-9-11-19(12-10-18)24-20-13-8-17(16-23-20)21(26)25-14-6-4-5-7-15-25/h8-13,16H,4-7,14-15H2,1-3H3,(H,23,24). The molecule has 2 heterocycles. The van der Waals surface area contributed by atoms with Gasteiger partial charge < -0.3 is 10.2 Å². The van der Waals surface area contributed by atoms with Crippen LogP contribution >= 0.6 is 0 Å². The Kier molecular flexibility index (Phi) is 5.60. The Morgan fingerprint density at radius 1 is 0.962 bits per heavy atom. The summed E-state index contributed by atoms with van der Waals surface area (Å²) in [6.07, 6.45) is 6.32. The zero-order chi connectivity index (χ0) is 18.6. The van der Waals surface area contributed by atoms with Crippen molar-refractivity contribution in [3.05, 3.63) is 53.7 Å². The van der Waals surface area contributed by atoms with Gasteiger partial charge in [-0.25, -0.2) is 4.98 Å². The molecule has 1 aliphatic heterocycles. The summed E-state index contributed by atoms with van der Waals surface area (Å²) in [6, 6.07) is 12.2. The van der Waals surface area contributed by atoms with E-state index in [1.54, 1.807) is 6.20 Å². The van der Waals surface area contributed by atoms with Gasteiger partial charge in [0, 0.05) is 25.0 Å². The molecular weight excluding hydrogens is 322 g/mol. The molecule has 1 aromatic carbocycles. The number of aromatic nitrogens is 1. The fourth-order valence-electron chi connectivity index (χ4n) is 3.25. The minimum Gasteiger partial charge on any atom is -0.340 e. The Morgan fingerprint density at radius 2 is 1.62 bits per heavy atom. The van der Waals surface area contributed by atoms with Gasteiger partial charge in [-0.3, -0.25) is 4.79 Å². The van der Waals surface area contributed by atoms with Crippen LogP contribution in [0.1, 0.15) is 62.4 Å². The van der Waals surface area contributed by atoms with E-state index in [2.05, 4.69) is 55.3 Å². The van der Waals surface area contributed by atoms with Gasteiger partial charge in [0.1, 0.15) is 5.82 Å². The van der Waals surface area contributed by atoms with Crippen molar-refractivity contribution in [2.24, 2.45) is 0 Å². The van der Waals surface area contributed by atoms with Crippen LogP contribution in [0.25, 0.3) is 0 Å². The molecule has 1 aromatic heterocycles. The summed E-state index contributed by atoms with van der Waals surface area (Å²) < 4.78 is 0. The molecule has 2 aromatic rings. The molecule has 1 fully saturated rings. The van der Waals surface area contributed by atoms with E-state index in [1.807, 2.05) is 17.0 Å². The van der Waals surface area contributed by atoms with Gasteiger partial charge >= 0.3 is 0 Å². The van der Waals surface area contributed by atoms with Crippen LogP contribution in [0.15, 0.2) is 42.6 Å². The fraction of sp³-hybridized carbons (Fsp3) is 0.455. The van der Waals surface area contributed by atoms with Gasteiger partial charge in [-0.05, 0) is 48.1 Å². The lowest BCUT2D eigenvalue weighted by Gasteiger charge is -2.20. The third kappa shape index (κ3) is 4.63. The van der Waals surface area contributed by atoms with Crippen molar-refractivity contribution >= 4 is 17.4 Å². The number of rotatable bonds is 3. The van der Waals surface area contributed by atoms with E-state index in [0.717, 1.165) is 37.4 Å². The number of amides is 1. The normalized spacial score (nSPS) is 15.4. The van der Waals surface area contributed by atoms with E-state index in [0.29, 0.717) is 5.56 Å². The van der Waals surface area contributed by atoms with Crippen LogP contribution < -0.4 is 5.32 Å². The third-order valence-corrected chi connectivity index (χ3v) is 4.93. The predicted molar refractivity (Wildman–Crippen MR) is 107 cm³/mol. The minimum absolute atomic E-state index is 0.0977. The summed E-state index contributed by atoms with van der Waals surface area (Å²) in [6.45, 7) is 8.34. The van der Waals surface area contributed by atoms with E-state index < -0.39 is 0 Å². The number of benzene rings is 1. The van der Waals surface area contributed by atoms with Crippen molar-refractivity contribution in [1.29, 1.82) is 0 Å². The Morgan fingerprint density at radius 3 is 2.15 bits per heavy atom. The molecule has 1 amide bonds. The van der Waals surface area contributed by atoms with Crippen LogP contribution in [-0.2, 0) is 5.41 Å². The highest BCUT2D eigenvalue weighted by Crippen LogP contribution is 2.24. The number of pyridine rings is 1. The van der Waals surface area contributed by atoms with E-state index >= 15 is 0 Å². The molecule has 4 heteroatoms. The van der Waals surface area contributed by atoms with E-state index in [-0.39, 0.29) is 11.3 Å². The van der Waals surface area contributed by atoms with Gasteiger partial charge in [-0.2, -0.15) is 0 Å². The molecule has 0 unspecified atom stereocenters. The molecule has 1 aliphatic rings. The van der Waals surface area contributed by atoms with Gasteiger partial charge in [0.15, 0.2) is 0 Å². The van der Waals surface area contributed by atoms with Crippen molar-refractivity contribution in [2.75, 3.05) is 18.4 Å². The molecule has 3 rings (SSSR count). The molecule has 0 aliphatic carbocycles. The topological polar surface area (TPSA) is 45.2 Å². The highest BCUT2D eigenvalue weighted by Gasteiger charge is 2.17. The highest BCUT2D eigenvalue weighted by atomic mass is 16.2. The molecule has 4 nitrogen and oxygen atoms in total. The van der Waals surface area contributed by atoms with Crippen LogP contribution in [-0.4, -0.2) is 28.9 Å². The quantitative estimate of drug-likeness (QED) is 0.833. The van der Waals surface area contributed by atoms with Crippen molar-refractivity contribution in [3.63, 3.8) is 0 Å². The van der Waals surface area contributed by atoms with Crippen LogP contribution in [0.3, 0.4) is 0 Å². The number of hydrogen-bond acceptors (Lipinski definition) is 3. The highest BCUT2D eigenvalue weighted by molar-refractivity contribution is 5.94. The summed E-state index contributed by atoms with van der Waals surface area (Å²) in [5.74, 6) is 0.849. The summed E-state index contributed by atoms with van der Waals surface area (Å²) >= 11 is 0. The Balaban J connectivity index is 1.65. The zero-order valence-corrected chi connectivity index (χ0v) is 16.1. The molecule has 1 saturated heterocycles. The molecule has 0 bridgehead atoms. The monoisotopic (exact) mass is 351 g/mol. The summed E-state index contributed by atoms with van der Waals surface area (Å²) in [5.41, 5.74) is 3.11. The first-order valence-corrected chi connectivity index (χ1v) is 9.56. The first kappa shape index (κ1) is 18.4. The van der Waals surface area contributed by atoms with Gasteiger partial charge in [-0.15, -0.1) is 0 Å². The Bertz CT molecular complexity index is 721. The maximum atomic E-state index is 12.6. The average molecular weight is 351 g/mol. The first-order chi connectivity index (χ1) is 12.4. The number of carbonyl (C=O) groups excluding carboxylic acids is 1. The van der Waals surface area contributed by atoms with E-state index in [1.165, 1.54) is 18.4 Å². The van der Waals surface area contributed by atoms with E-state index in [9.17, 15) is 4.79 Å². The molecule has 0 atom stereocenters. The number of anilines is 2. The SMILES string of the molecule is CC(C)(C)c1ccc(Nc2ccc(C(=O)N3CCCCCC3)cn2)cc1. The first-order valence-electron chi connectivity index (χ1n) is 9.56. The summed E-state index contributed by atoms with van der Waals surface area (Å²) in [7, 11) is 0. The maximum Gasteiger partial charge on any atom is 0.255 e. The predicted octanol–water partition coefficient (Wildman–Crippen LogP) is 5.14. The van der Waals surface area contributed by atoms with Crippen molar-refractivity contribution in [1.82, 2.24) is 9.88 Å². The minimum atomic E-state index is 0.0977. The van der Waals surface area contributed by atoms with Crippen molar-refractivity contribution in [2.45, 2.75) is 51.9 Å². The largest absolute Gasteiger partial charge is 0.340 e. The molecule has 0 saturated carbocycles. The van der Waals surface area contributed by atoms with Gasteiger partial charge in [0.05, 0.1) is 5.56 Å². The summed E-state index contributed by atoms with van der Waals surface area (Å²) in [5, 5.41) is 3.30. The number of nitrogens with zero attached hydrogens (tertiary/aromatic N) is 2. The Labute approximate surface area is 156 Å². The lowest BCUT2D eigenvalue weighted by molar-refractivity contribution is 0.0761. The lowest BCUT2D eigenvalue weighted by Crippen LogP contribution is -2.31. The van der Waals surface area contributed by atoms with E-state index in [4.69, 9.17) is 0 Å². The fourth-order valence-corrected chi connectivity index (χ4v) is 3.25. The van der Waals surface area contributed by atoms with Gasteiger partial charge in [0.25, 0.3) is 5.91 Å². The second-order valence-electron chi connectivity index (χ2n) is 8.09. The van der Waals surface area contributed by atoms with Crippen LogP contribution in [0.2, 0.25) is 0 Å². The number of hydrogen-bond donors (Lipinski definition) is 1. The molecule has 0 spiro atoms. The third-order valence-electron chi connectivity index (χ3n) is 4.93. The van der Waals surface area contributed by atoms with Crippen LogP contribution in [0, 0.1) is 0 Å². The lowest BCUT2D eigenvalue weighted by atomic mass is 9.87.